The van der Waals surface area contributed by atoms with Crippen LogP contribution in [0.5, 0.6) is 0 Å². The van der Waals surface area contributed by atoms with Gasteiger partial charge in [0, 0.05) is 5.71 Å². The van der Waals surface area contributed by atoms with Crippen molar-refractivity contribution in [3.8, 4) is 0 Å². The van der Waals surface area contributed by atoms with Gasteiger partial charge in [-0.3, -0.25) is 9.59 Å². The third kappa shape index (κ3) is 7.56. The van der Waals surface area contributed by atoms with Gasteiger partial charge in [0.05, 0.1) is 10.7 Å². The number of carbonyl (C=O) groups excluding carboxylic acids is 2. The highest BCUT2D eigenvalue weighted by Gasteiger charge is 2.15. The van der Waals surface area contributed by atoms with E-state index in [1.807, 2.05) is 0 Å². The summed E-state index contributed by atoms with van der Waals surface area (Å²) in [5, 5.41) is 7.11. The smallest absolute Gasteiger partial charge is 0.316 e. The molecule has 2 amide bonds. The minimum Gasteiger partial charge on any atom is -0.316 e. The summed E-state index contributed by atoms with van der Waals surface area (Å²) in [6, 6.07) is 6.80. The van der Waals surface area contributed by atoms with Crippen LogP contribution in [0.15, 0.2) is 29.4 Å². The minimum absolute atomic E-state index is 0.388. The second-order valence-corrected chi connectivity index (χ2v) is 7.14. The number of hydrogen-bond acceptors (Lipinski definition) is 3. The van der Waals surface area contributed by atoms with Gasteiger partial charge in [-0.25, -0.2) is 5.43 Å². The molecule has 1 aliphatic rings. The van der Waals surface area contributed by atoms with Crippen molar-refractivity contribution in [1.82, 2.24) is 5.43 Å². The molecule has 0 saturated heterocycles. The number of anilines is 1. The fourth-order valence-electron chi connectivity index (χ4n) is 3.05. The van der Waals surface area contributed by atoms with Crippen molar-refractivity contribution in [2.75, 3.05) is 5.32 Å². The molecule has 26 heavy (non-hydrogen) atoms. The van der Waals surface area contributed by atoms with Crippen molar-refractivity contribution in [3.63, 3.8) is 0 Å². The molecule has 1 aromatic carbocycles. The Bertz CT molecular complexity index is 617. The summed E-state index contributed by atoms with van der Waals surface area (Å²) < 4.78 is 0. The highest BCUT2D eigenvalue weighted by molar-refractivity contribution is 6.41. The van der Waals surface area contributed by atoms with E-state index in [2.05, 4.69) is 15.8 Å². The first-order chi connectivity index (χ1) is 12.7. The van der Waals surface area contributed by atoms with Gasteiger partial charge < -0.3 is 5.32 Å². The van der Waals surface area contributed by atoms with E-state index in [-0.39, 0.29) is 0 Å². The van der Waals surface area contributed by atoms with E-state index >= 15 is 0 Å². The van der Waals surface area contributed by atoms with Crippen LogP contribution in [0.2, 0.25) is 5.02 Å². The van der Waals surface area contributed by atoms with Crippen LogP contribution in [0.4, 0.5) is 5.69 Å². The monoisotopic (exact) mass is 377 g/mol. The predicted octanol–water partition coefficient (Wildman–Crippen LogP) is 5.06. The number of carbonyl (C=O) groups is 2. The molecule has 2 N–H and O–H groups in total. The Kier molecular flexibility index (Phi) is 9.18. The third-order valence-corrected chi connectivity index (χ3v) is 4.90. The molecule has 0 spiro atoms. The lowest BCUT2D eigenvalue weighted by Gasteiger charge is -2.10. The van der Waals surface area contributed by atoms with Crippen molar-refractivity contribution < 1.29 is 9.59 Å². The van der Waals surface area contributed by atoms with Crippen LogP contribution in [0, 0.1) is 0 Å². The maximum atomic E-state index is 12.0. The zero-order chi connectivity index (χ0) is 18.6. The predicted molar refractivity (Wildman–Crippen MR) is 106 cm³/mol. The quantitative estimate of drug-likeness (QED) is 0.558. The summed E-state index contributed by atoms with van der Waals surface area (Å²) in [6.07, 6.45) is 12.8. The van der Waals surface area contributed by atoms with Gasteiger partial charge >= 0.3 is 11.8 Å². The van der Waals surface area contributed by atoms with E-state index in [4.69, 9.17) is 11.6 Å². The summed E-state index contributed by atoms with van der Waals surface area (Å²) in [4.78, 5) is 24.0. The van der Waals surface area contributed by atoms with E-state index in [1.54, 1.807) is 24.3 Å². The van der Waals surface area contributed by atoms with Gasteiger partial charge in [-0.15, -0.1) is 0 Å². The topological polar surface area (TPSA) is 70.6 Å². The minimum atomic E-state index is -0.775. The van der Waals surface area contributed by atoms with E-state index in [0.717, 1.165) is 31.4 Å². The normalized spacial score (nSPS) is 16.7. The van der Waals surface area contributed by atoms with Gasteiger partial charge in [0.2, 0.25) is 0 Å². The molecule has 0 radical (unpaired) electrons. The Labute approximate surface area is 160 Å². The molecule has 6 heteroatoms. The zero-order valence-corrected chi connectivity index (χ0v) is 16.0. The highest BCUT2D eigenvalue weighted by Crippen LogP contribution is 2.20. The third-order valence-electron chi connectivity index (χ3n) is 4.57. The standard InChI is InChI=1S/C20H28ClN3O2/c21-17-14-10-11-15-18(17)22-19(25)20(26)24-23-16-12-8-6-4-2-1-3-5-7-9-13-16/h10-11,14-15H,1-9,12-13H2,(H,22,25)(H,24,26). The Morgan fingerprint density at radius 2 is 1.35 bits per heavy atom. The number of halogens is 1. The lowest BCUT2D eigenvalue weighted by Crippen LogP contribution is -2.33. The number of benzene rings is 1. The van der Waals surface area contributed by atoms with Gasteiger partial charge in [0.1, 0.15) is 0 Å². The second-order valence-electron chi connectivity index (χ2n) is 6.73. The van der Waals surface area contributed by atoms with E-state index < -0.39 is 11.8 Å². The Morgan fingerprint density at radius 1 is 0.808 bits per heavy atom. The average molecular weight is 378 g/mol. The largest absolute Gasteiger partial charge is 0.329 e. The molecule has 142 valence electrons. The lowest BCUT2D eigenvalue weighted by atomic mass is 10.00. The highest BCUT2D eigenvalue weighted by atomic mass is 35.5. The van der Waals surface area contributed by atoms with Gasteiger partial charge in [-0.2, -0.15) is 5.10 Å². The number of rotatable bonds is 2. The second kappa shape index (κ2) is 11.7. The summed E-state index contributed by atoms with van der Waals surface area (Å²) >= 11 is 5.99. The van der Waals surface area contributed by atoms with E-state index in [1.165, 1.54) is 44.9 Å². The molecule has 1 aliphatic carbocycles. The van der Waals surface area contributed by atoms with Gasteiger partial charge in [0.15, 0.2) is 0 Å². The number of hydrazone groups is 1. The molecule has 1 fully saturated rings. The summed E-state index contributed by atoms with van der Waals surface area (Å²) in [5.41, 5.74) is 3.78. The molecule has 2 rings (SSSR count). The van der Waals surface area contributed by atoms with E-state index in [9.17, 15) is 9.59 Å². The SMILES string of the molecule is O=C(NN=C1CCCCCCCCCCC1)C(=O)Nc1ccccc1Cl. The summed E-state index contributed by atoms with van der Waals surface area (Å²) in [6.45, 7) is 0. The molecule has 0 heterocycles. The van der Waals surface area contributed by atoms with Gasteiger partial charge in [-0.1, -0.05) is 68.7 Å². The Hall–Kier alpha value is -1.88. The first-order valence-corrected chi connectivity index (χ1v) is 9.96. The zero-order valence-electron chi connectivity index (χ0n) is 15.2. The number of para-hydroxylation sites is 1. The molecule has 0 bridgehead atoms. The van der Waals surface area contributed by atoms with Crippen LogP contribution < -0.4 is 10.7 Å². The molecular weight excluding hydrogens is 350 g/mol. The van der Waals surface area contributed by atoms with Crippen LogP contribution in [0.1, 0.15) is 70.6 Å². The van der Waals surface area contributed by atoms with Crippen molar-refractivity contribution in [2.24, 2.45) is 5.10 Å². The van der Waals surface area contributed by atoms with Crippen LogP contribution in [0.25, 0.3) is 0 Å². The molecule has 0 aliphatic heterocycles. The van der Waals surface area contributed by atoms with Gasteiger partial charge in [-0.05, 0) is 37.8 Å². The van der Waals surface area contributed by atoms with Crippen molar-refractivity contribution in [2.45, 2.75) is 70.6 Å². The van der Waals surface area contributed by atoms with E-state index in [0.29, 0.717) is 10.7 Å². The maximum Gasteiger partial charge on any atom is 0.329 e. The number of nitrogens with zero attached hydrogens (tertiary/aromatic N) is 1. The Balaban J connectivity index is 1.86. The number of nitrogens with one attached hydrogen (secondary N) is 2. The van der Waals surface area contributed by atoms with Crippen molar-refractivity contribution in [1.29, 1.82) is 0 Å². The van der Waals surface area contributed by atoms with Crippen molar-refractivity contribution >= 4 is 34.8 Å². The summed E-state index contributed by atoms with van der Waals surface area (Å²) in [7, 11) is 0. The molecule has 0 unspecified atom stereocenters. The summed E-state index contributed by atoms with van der Waals surface area (Å²) in [5.74, 6) is -1.54. The molecule has 1 aromatic rings. The molecule has 5 nitrogen and oxygen atoms in total. The number of hydrogen-bond donors (Lipinski definition) is 2. The van der Waals surface area contributed by atoms with Crippen LogP contribution in [0.3, 0.4) is 0 Å². The first kappa shape index (κ1) is 20.4. The fraction of sp³-hybridized carbons (Fsp3) is 0.550. The fourth-order valence-corrected chi connectivity index (χ4v) is 3.24. The first-order valence-electron chi connectivity index (χ1n) is 9.58. The van der Waals surface area contributed by atoms with Crippen LogP contribution >= 0.6 is 11.6 Å². The molecular formula is C20H28ClN3O2. The van der Waals surface area contributed by atoms with Crippen LogP contribution in [-0.2, 0) is 9.59 Å². The maximum absolute atomic E-state index is 12.0. The van der Waals surface area contributed by atoms with Crippen molar-refractivity contribution in [3.05, 3.63) is 29.3 Å². The molecule has 0 atom stereocenters. The lowest BCUT2D eigenvalue weighted by molar-refractivity contribution is -0.136. The van der Waals surface area contributed by atoms with Crippen LogP contribution in [-0.4, -0.2) is 17.5 Å². The Morgan fingerprint density at radius 3 is 1.92 bits per heavy atom. The van der Waals surface area contributed by atoms with Gasteiger partial charge in [0.25, 0.3) is 0 Å². The molecule has 0 aromatic heterocycles. The average Bonchev–Trinajstić information content (AvgIpc) is 2.63. The molecule has 1 saturated carbocycles. The number of amides is 2.